The third-order valence-corrected chi connectivity index (χ3v) is 4.61. The van der Waals surface area contributed by atoms with Crippen LogP contribution in [0.3, 0.4) is 0 Å². The largest absolute Gasteiger partial charge is 0.478 e. The zero-order valence-corrected chi connectivity index (χ0v) is 13.3. The Morgan fingerprint density at radius 3 is 2.57 bits per heavy atom. The lowest BCUT2D eigenvalue weighted by Gasteiger charge is -2.35. The number of hydrogen-bond donors (Lipinski definition) is 1. The molecule has 1 fully saturated rings. The van der Waals surface area contributed by atoms with E-state index >= 15 is 0 Å². The zero-order chi connectivity index (χ0) is 15.4. The van der Waals surface area contributed by atoms with Crippen molar-refractivity contribution < 1.29 is 9.90 Å². The van der Waals surface area contributed by atoms with Crippen molar-refractivity contribution in [1.29, 1.82) is 0 Å². The minimum atomic E-state index is -0.955. The third kappa shape index (κ3) is 4.24. The van der Waals surface area contributed by atoms with Crippen molar-refractivity contribution in [2.24, 2.45) is 5.92 Å². The van der Waals surface area contributed by atoms with Crippen molar-refractivity contribution >= 4 is 29.3 Å². The quantitative estimate of drug-likeness (QED) is 0.835. The molecule has 0 radical (unpaired) electrons. The smallest absolute Gasteiger partial charge is 0.328 e. The van der Waals surface area contributed by atoms with Crippen LogP contribution in [0.1, 0.15) is 38.2 Å². The van der Waals surface area contributed by atoms with Crippen molar-refractivity contribution in [3.63, 3.8) is 0 Å². The van der Waals surface area contributed by atoms with Gasteiger partial charge in [0.25, 0.3) is 0 Å². The molecular formula is C17H22ClNO2. The Morgan fingerprint density at radius 2 is 2.00 bits per heavy atom. The first-order valence-corrected chi connectivity index (χ1v) is 7.78. The van der Waals surface area contributed by atoms with Gasteiger partial charge in [-0.25, -0.2) is 4.79 Å². The average Bonchev–Trinajstić information content (AvgIpc) is 2.45. The normalized spacial score (nSPS) is 22.4. The summed E-state index contributed by atoms with van der Waals surface area (Å²) < 4.78 is 0. The summed E-state index contributed by atoms with van der Waals surface area (Å²) in [7, 11) is 2.09. The summed E-state index contributed by atoms with van der Waals surface area (Å²) in [6.45, 7) is 2.31. The molecular weight excluding hydrogens is 286 g/mol. The highest BCUT2D eigenvalue weighted by atomic mass is 35.5. The summed E-state index contributed by atoms with van der Waals surface area (Å²) in [5.41, 5.74) is 1.82. The SMILES string of the molecule is CC1CCC(N(C)c2ccc(/C=C/C(=O)O)cc2Cl)CC1. The van der Waals surface area contributed by atoms with Gasteiger partial charge >= 0.3 is 5.97 Å². The number of aliphatic carboxylic acids is 1. The van der Waals surface area contributed by atoms with Crippen molar-refractivity contribution in [2.45, 2.75) is 38.6 Å². The molecule has 4 heteroatoms. The van der Waals surface area contributed by atoms with Crippen LogP contribution in [0.25, 0.3) is 6.08 Å². The fourth-order valence-electron chi connectivity index (χ4n) is 2.91. The minimum absolute atomic E-state index is 0.541. The van der Waals surface area contributed by atoms with E-state index in [9.17, 15) is 4.79 Å². The van der Waals surface area contributed by atoms with Crippen LogP contribution in [0, 0.1) is 5.92 Å². The minimum Gasteiger partial charge on any atom is -0.478 e. The first kappa shape index (κ1) is 15.9. The highest BCUT2D eigenvalue weighted by Gasteiger charge is 2.22. The number of nitrogens with zero attached hydrogens (tertiary/aromatic N) is 1. The Balaban J connectivity index is 2.11. The Bertz CT molecular complexity index is 534. The Labute approximate surface area is 131 Å². The molecule has 1 saturated carbocycles. The van der Waals surface area contributed by atoms with Crippen LogP contribution < -0.4 is 4.90 Å². The van der Waals surface area contributed by atoms with Gasteiger partial charge in [-0.1, -0.05) is 24.6 Å². The van der Waals surface area contributed by atoms with Gasteiger partial charge in [0.2, 0.25) is 0 Å². The van der Waals surface area contributed by atoms with E-state index < -0.39 is 5.97 Å². The van der Waals surface area contributed by atoms with E-state index in [0.29, 0.717) is 11.1 Å². The molecule has 0 amide bonds. The second kappa shape index (κ2) is 6.99. The molecule has 21 heavy (non-hydrogen) atoms. The fourth-order valence-corrected chi connectivity index (χ4v) is 3.23. The molecule has 1 aromatic rings. The third-order valence-electron chi connectivity index (χ3n) is 4.30. The van der Waals surface area contributed by atoms with Gasteiger partial charge in [-0.2, -0.15) is 0 Å². The molecule has 3 nitrogen and oxygen atoms in total. The van der Waals surface area contributed by atoms with Gasteiger partial charge in [-0.3, -0.25) is 0 Å². The molecule has 0 atom stereocenters. The number of benzene rings is 1. The number of carboxylic acids is 1. The van der Waals surface area contributed by atoms with Gasteiger partial charge < -0.3 is 10.0 Å². The highest BCUT2D eigenvalue weighted by Crippen LogP contribution is 2.33. The maximum Gasteiger partial charge on any atom is 0.328 e. The molecule has 1 aliphatic carbocycles. The fraction of sp³-hybridized carbons (Fsp3) is 0.471. The van der Waals surface area contributed by atoms with Gasteiger partial charge in [-0.15, -0.1) is 0 Å². The van der Waals surface area contributed by atoms with E-state index in [1.807, 2.05) is 18.2 Å². The number of rotatable bonds is 4. The second-order valence-electron chi connectivity index (χ2n) is 5.91. The number of carbonyl (C=O) groups is 1. The summed E-state index contributed by atoms with van der Waals surface area (Å²) in [6, 6.07) is 6.24. The van der Waals surface area contributed by atoms with Gasteiger partial charge in [0.05, 0.1) is 10.7 Å². The molecule has 0 heterocycles. The maximum atomic E-state index is 10.5. The van der Waals surface area contributed by atoms with E-state index in [2.05, 4.69) is 18.9 Å². The lowest BCUT2D eigenvalue weighted by Crippen LogP contribution is -2.34. The number of hydrogen-bond acceptors (Lipinski definition) is 2. The van der Waals surface area contributed by atoms with Crippen molar-refractivity contribution in [3.05, 3.63) is 34.9 Å². The van der Waals surface area contributed by atoms with Crippen LogP contribution in [0.15, 0.2) is 24.3 Å². The summed E-state index contributed by atoms with van der Waals surface area (Å²) in [6.07, 6.45) is 7.62. The Morgan fingerprint density at radius 1 is 1.33 bits per heavy atom. The van der Waals surface area contributed by atoms with E-state index in [-0.39, 0.29) is 0 Å². The predicted molar refractivity (Wildman–Crippen MR) is 87.9 cm³/mol. The van der Waals surface area contributed by atoms with Crippen LogP contribution in [-0.2, 0) is 4.79 Å². The first-order valence-electron chi connectivity index (χ1n) is 7.40. The molecule has 1 aromatic carbocycles. The van der Waals surface area contributed by atoms with E-state index in [0.717, 1.165) is 23.2 Å². The van der Waals surface area contributed by atoms with Crippen LogP contribution >= 0.6 is 11.6 Å². The molecule has 0 spiro atoms. The molecule has 0 unspecified atom stereocenters. The Hall–Kier alpha value is -1.48. The molecule has 2 rings (SSSR count). The summed E-state index contributed by atoms with van der Waals surface area (Å²) in [4.78, 5) is 12.8. The number of anilines is 1. The van der Waals surface area contributed by atoms with Gasteiger partial charge in [0.15, 0.2) is 0 Å². The summed E-state index contributed by atoms with van der Waals surface area (Å²) >= 11 is 6.36. The molecule has 1 aliphatic rings. The van der Waals surface area contributed by atoms with E-state index in [1.165, 1.54) is 25.7 Å². The summed E-state index contributed by atoms with van der Waals surface area (Å²) in [5, 5.41) is 9.32. The molecule has 0 aliphatic heterocycles. The topological polar surface area (TPSA) is 40.5 Å². The first-order chi connectivity index (χ1) is 9.97. The van der Waals surface area contributed by atoms with Crippen LogP contribution in [0.2, 0.25) is 5.02 Å². The molecule has 1 N–H and O–H groups in total. The van der Waals surface area contributed by atoms with Gasteiger partial charge in [0, 0.05) is 19.2 Å². The molecule has 0 bridgehead atoms. The van der Waals surface area contributed by atoms with Crippen molar-refractivity contribution in [2.75, 3.05) is 11.9 Å². The van der Waals surface area contributed by atoms with Crippen LogP contribution in [-0.4, -0.2) is 24.2 Å². The molecule has 0 saturated heterocycles. The van der Waals surface area contributed by atoms with Crippen LogP contribution in [0.5, 0.6) is 0 Å². The second-order valence-corrected chi connectivity index (χ2v) is 6.31. The molecule has 0 aromatic heterocycles. The summed E-state index contributed by atoms with van der Waals surface area (Å²) in [5.74, 6) is -0.128. The maximum absolute atomic E-state index is 10.5. The average molecular weight is 308 g/mol. The predicted octanol–water partition coefficient (Wildman–Crippen LogP) is 4.45. The highest BCUT2D eigenvalue weighted by molar-refractivity contribution is 6.33. The van der Waals surface area contributed by atoms with Crippen molar-refractivity contribution in [3.8, 4) is 0 Å². The van der Waals surface area contributed by atoms with Crippen molar-refractivity contribution in [1.82, 2.24) is 0 Å². The Kier molecular flexibility index (Phi) is 5.29. The van der Waals surface area contributed by atoms with Gasteiger partial charge in [-0.05, 0) is 55.4 Å². The van der Waals surface area contributed by atoms with Gasteiger partial charge in [0.1, 0.15) is 0 Å². The van der Waals surface area contributed by atoms with Crippen LogP contribution in [0.4, 0.5) is 5.69 Å². The molecule has 114 valence electrons. The lowest BCUT2D eigenvalue weighted by atomic mass is 9.86. The van der Waals surface area contributed by atoms with E-state index in [4.69, 9.17) is 16.7 Å². The lowest BCUT2D eigenvalue weighted by molar-refractivity contribution is -0.131. The van der Waals surface area contributed by atoms with E-state index in [1.54, 1.807) is 6.08 Å². The monoisotopic (exact) mass is 307 g/mol. The number of halogens is 1. The zero-order valence-electron chi connectivity index (χ0n) is 12.6. The number of carboxylic acid groups (broad SMARTS) is 1. The standard InChI is InChI=1S/C17H22ClNO2/c1-12-3-7-14(8-4-12)19(2)16-9-5-13(11-15(16)18)6-10-17(20)21/h5-6,9-12,14H,3-4,7-8H2,1-2H3,(H,20,21)/b10-6+.